The summed E-state index contributed by atoms with van der Waals surface area (Å²) in [6, 6.07) is 0.538. The number of thioether (sulfide) groups is 2. The first-order chi connectivity index (χ1) is 8.31. The molecule has 2 rings (SSSR count). The summed E-state index contributed by atoms with van der Waals surface area (Å²) < 4.78 is 0. The van der Waals surface area contributed by atoms with Crippen molar-refractivity contribution in [3.8, 4) is 0 Å². The molecule has 1 aromatic rings. The molecule has 0 aliphatic heterocycles. The summed E-state index contributed by atoms with van der Waals surface area (Å²) >= 11 is 3.12. The standard InChI is InChI=1S/C11H18N4S2/c1-16-10-13-9(14-11(15-10)17-2)12-8-6-4-3-5-7-8/h8H,3-7H2,1-2H3,(H,12,13,14,15). The average Bonchev–Trinajstić information content (AvgIpc) is 2.39. The lowest BCUT2D eigenvalue weighted by Crippen LogP contribution is -2.23. The predicted octanol–water partition coefficient (Wildman–Crippen LogP) is 3.06. The summed E-state index contributed by atoms with van der Waals surface area (Å²) in [5.41, 5.74) is 0. The Morgan fingerprint density at radius 2 is 1.53 bits per heavy atom. The highest BCUT2D eigenvalue weighted by molar-refractivity contribution is 7.99. The zero-order chi connectivity index (χ0) is 12.1. The molecule has 0 atom stereocenters. The first-order valence-electron chi connectivity index (χ1n) is 5.92. The molecule has 1 N–H and O–H groups in total. The molecule has 1 saturated carbocycles. The number of hydrogen-bond donors (Lipinski definition) is 1. The highest BCUT2D eigenvalue weighted by Crippen LogP contribution is 2.22. The molecular formula is C11H18N4S2. The van der Waals surface area contributed by atoms with Gasteiger partial charge in [0.15, 0.2) is 10.3 Å². The minimum Gasteiger partial charge on any atom is -0.351 e. The molecule has 17 heavy (non-hydrogen) atoms. The molecule has 1 aliphatic rings. The van der Waals surface area contributed by atoms with E-state index in [1.165, 1.54) is 32.1 Å². The molecule has 0 bridgehead atoms. The highest BCUT2D eigenvalue weighted by atomic mass is 32.2. The van der Waals surface area contributed by atoms with Crippen LogP contribution in [0.15, 0.2) is 10.3 Å². The summed E-state index contributed by atoms with van der Waals surface area (Å²) in [4.78, 5) is 13.1. The van der Waals surface area contributed by atoms with Crippen molar-refractivity contribution in [1.82, 2.24) is 15.0 Å². The van der Waals surface area contributed by atoms with Crippen molar-refractivity contribution in [2.75, 3.05) is 17.8 Å². The van der Waals surface area contributed by atoms with Crippen LogP contribution in [0.2, 0.25) is 0 Å². The maximum Gasteiger partial charge on any atom is 0.227 e. The van der Waals surface area contributed by atoms with Gasteiger partial charge in [0.05, 0.1) is 0 Å². The maximum absolute atomic E-state index is 4.41. The van der Waals surface area contributed by atoms with Gasteiger partial charge in [0.2, 0.25) is 5.95 Å². The van der Waals surface area contributed by atoms with Crippen LogP contribution in [-0.4, -0.2) is 33.5 Å². The number of anilines is 1. The Hall–Kier alpha value is -0.490. The fourth-order valence-electron chi connectivity index (χ4n) is 2.01. The van der Waals surface area contributed by atoms with Crippen molar-refractivity contribution in [2.24, 2.45) is 0 Å². The lowest BCUT2D eigenvalue weighted by atomic mass is 9.96. The van der Waals surface area contributed by atoms with E-state index in [1.54, 1.807) is 23.5 Å². The summed E-state index contributed by atoms with van der Waals surface area (Å²) in [6.07, 6.45) is 10.4. The topological polar surface area (TPSA) is 50.7 Å². The zero-order valence-electron chi connectivity index (χ0n) is 10.3. The molecule has 1 heterocycles. The summed E-state index contributed by atoms with van der Waals surface area (Å²) in [5.74, 6) is 0.737. The van der Waals surface area contributed by atoms with Crippen LogP contribution < -0.4 is 5.32 Å². The normalized spacial score (nSPS) is 17.1. The number of aromatic nitrogens is 3. The van der Waals surface area contributed by atoms with Gasteiger partial charge in [-0.25, -0.2) is 0 Å². The Morgan fingerprint density at radius 1 is 0.941 bits per heavy atom. The van der Waals surface area contributed by atoms with Gasteiger partial charge in [0, 0.05) is 6.04 Å². The lowest BCUT2D eigenvalue weighted by molar-refractivity contribution is 0.459. The minimum absolute atomic E-state index is 0.538. The molecule has 1 aliphatic carbocycles. The third kappa shape index (κ3) is 3.74. The first-order valence-corrected chi connectivity index (χ1v) is 8.37. The first kappa shape index (κ1) is 13.0. The predicted molar refractivity (Wildman–Crippen MR) is 73.9 cm³/mol. The Bertz CT molecular complexity index is 344. The average molecular weight is 270 g/mol. The molecule has 0 amide bonds. The summed E-state index contributed by atoms with van der Waals surface area (Å²) in [6.45, 7) is 0. The van der Waals surface area contributed by atoms with Gasteiger partial charge in [-0.3, -0.25) is 0 Å². The lowest BCUT2D eigenvalue weighted by Gasteiger charge is -2.22. The van der Waals surface area contributed by atoms with Gasteiger partial charge in [0.1, 0.15) is 0 Å². The van der Waals surface area contributed by atoms with Crippen LogP contribution in [0.5, 0.6) is 0 Å². The van der Waals surface area contributed by atoms with Crippen LogP contribution in [0, 0.1) is 0 Å². The Balaban J connectivity index is 2.07. The van der Waals surface area contributed by atoms with Gasteiger partial charge < -0.3 is 5.32 Å². The van der Waals surface area contributed by atoms with Gasteiger partial charge in [-0.1, -0.05) is 42.8 Å². The Kier molecular flexibility index (Phi) is 4.91. The van der Waals surface area contributed by atoms with Gasteiger partial charge >= 0.3 is 0 Å². The van der Waals surface area contributed by atoms with Crippen LogP contribution >= 0.6 is 23.5 Å². The van der Waals surface area contributed by atoms with E-state index in [0.29, 0.717) is 6.04 Å². The van der Waals surface area contributed by atoms with Crippen molar-refractivity contribution in [3.63, 3.8) is 0 Å². The maximum atomic E-state index is 4.41. The Labute approximate surface area is 111 Å². The second-order valence-electron chi connectivity index (χ2n) is 4.11. The van der Waals surface area contributed by atoms with E-state index >= 15 is 0 Å². The van der Waals surface area contributed by atoms with Gasteiger partial charge in [0.25, 0.3) is 0 Å². The van der Waals surface area contributed by atoms with Crippen molar-refractivity contribution in [2.45, 2.75) is 48.5 Å². The molecule has 0 spiro atoms. The third-order valence-corrected chi connectivity index (χ3v) is 3.99. The molecule has 0 unspecified atom stereocenters. The fraction of sp³-hybridized carbons (Fsp3) is 0.727. The number of nitrogens with zero attached hydrogens (tertiary/aromatic N) is 3. The van der Waals surface area contributed by atoms with Gasteiger partial charge in [-0.15, -0.1) is 0 Å². The molecular weight excluding hydrogens is 252 g/mol. The van der Waals surface area contributed by atoms with Gasteiger partial charge in [-0.05, 0) is 25.4 Å². The van der Waals surface area contributed by atoms with E-state index in [4.69, 9.17) is 0 Å². The number of nitrogens with one attached hydrogen (secondary N) is 1. The van der Waals surface area contributed by atoms with Crippen LogP contribution in [0.1, 0.15) is 32.1 Å². The highest BCUT2D eigenvalue weighted by Gasteiger charge is 2.15. The summed E-state index contributed by atoms with van der Waals surface area (Å²) in [5, 5.41) is 5.03. The second-order valence-corrected chi connectivity index (χ2v) is 5.66. The molecule has 1 fully saturated rings. The second kappa shape index (κ2) is 6.44. The van der Waals surface area contributed by atoms with Gasteiger partial charge in [-0.2, -0.15) is 15.0 Å². The van der Waals surface area contributed by atoms with Crippen LogP contribution in [0.25, 0.3) is 0 Å². The quantitative estimate of drug-likeness (QED) is 0.849. The van der Waals surface area contributed by atoms with Crippen molar-refractivity contribution in [1.29, 1.82) is 0 Å². The molecule has 6 heteroatoms. The monoisotopic (exact) mass is 270 g/mol. The van der Waals surface area contributed by atoms with Crippen molar-refractivity contribution >= 4 is 29.5 Å². The van der Waals surface area contributed by atoms with E-state index in [0.717, 1.165) is 16.3 Å². The van der Waals surface area contributed by atoms with Crippen LogP contribution in [0.3, 0.4) is 0 Å². The number of rotatable bonds is 4. The largest absolute Gasteiger partial charge is 0.351 e. The van der Waals surface area contributed by atoms with E-state index in [-0.39, 0.29) is 0 Å². The molecule has 94 valence electrons. The van der Waals surface area contributed by atoms with E-state index in [9.17, 15) is 0 Å². The smallest absolute Gasteiger partial charge is 0.227 e. The van der Waals surface area contributed by atoms with Crippen molar-refractivity contribution in [3.05, 3.63) is 0 Å². The molecule has 0 saturated heterocycles. The molecule has 4 nitrogen and oxygen atoms in total. The van der Waals surface area contributed by atoms with Crippen molar-refractivity contribution < 1.29 is 0 Å². The third-order valence-electron chi connectivity index (χ3n) is 2.90. The number of hydrogen-bond acceptors (Lipinski definition) is 6. The fourth-order valence-corrected chi connectivity index (χ4v) is 2.78. The summed E-state index contributed by atoms with van der Waals surface area (Å²) in [7, 11) is 0. The van der Waals surface area contributed by atoms with Crippen LogP contribution in [-0.2, 0) is 0 Å². The molecule has 0 radical (unpaired) electrons. The molecule has 1 aromatic heterocycles. The van der Waals surface area contributed by atoms with Crippen LogP contribution in [0.4, 0.5) is 5.95 Å². The minimum atomic E-state index is 0.538. The Morgan fingerprint density at radius 3 is 2.06 bits per heavy atom. The van der Waals surface area contributed by atoms with E-state index in [1.807, 2.05) is 12.5 Å². The SMILES string of the molecule is CSc1nc(NC2CCCCC2)nc(SC)n1. The molecule has 0 aromatic carbocycles. The zero-order valence-corrected chi connectivity index (χ0v) is 11.9. The van der Waals surface area contributed by atoms with E-state index in [2.05, 4.69) is 20.3 Å². The van der Waals surface area contributed by atoms with E-state index < -0.39 is 0 Å².